The Morgan fingerprint density at radius 3 is 2.47 bits per heavy atom. The van der Waals surface area contributed by atoms with E-state index in [0.717, 1.165) is 5.69 Å². The summed E-state index contributed by atoms with van der Waals surface area (Å²) in [7, 11) is 0. The average Bonchev–Trinajstić information content (AvgIpc) is 2.91. The van der Waals surface area contributed by atoms with Gasteiger partial charge in [-0.3, -0.25) is 0 Å². The summed E-state index contributed by atoms with van der Waals surface area (Å²) in [5.74, 6) is 0. The normalized spacial score (nSPS) is 13.9. The Labute approximate surface area is 97.4 Å². The highest BCUT2D eigenvalue weighted by molar-refractivity contribution is 5.34. The molecule has 2 N–H and O–H groups in total. The van der Waals surface area contributed by atoms with Crippen LogP contribution >= 0.6 is 0 Å². The van der Waals surface area contributed by atoms with Crippen molar-refractivity contribution in [2.75, 3.05) is 0 Å². The zero-order valence-corrected chi connectivity index (χ0v) is 8.80. The van der Waals surface area contributed by atoms with E-state index in [1.54, 1.807) is 41.3 Å². The first-order valence-electron chi connectivity index (χ1n) is 4.93. The van der Waals surface area contributed by atoms with Crippen molar-refractivity contribution in [2.24, 2.45) is 0 Å². The second-order valence-corrected chi connectivity index (χ2v) is 3.45. The third kappa shape index (κ3) is 2.30. The number of rotatable bonds is 3. The molecule has 1 heterocycles. The number of nitriles is 1. The molecule has 0 saturated heterocycles. The van der Waals surface area contributed by atoms with Crippen LogP contribution < -0.4 is 0 Å². The minimum Gasteiger partial charge on any atom is -0.385 e. The third-order valence-corrected chi connectivity index (χ3v) is 2.35. The second-order valence-electron chi connectivity index (χ2n) is 3.45. The molecule has 0 spiro atoms. The van der Waals surface area contributed by atoms with Gasteiger partial charge in [0.1, 0.15) is 18.8 Å². The van der Waals surface area contributed by atoms with Crippen LogP contribution in [0.25, 0.3) is 5.69 Å². The van der Waals surface area contributed by atoms with Crippen molar-refractivity contribution in [1.29, 1.82) is 5.26 Å². The van der Waals surface area contributed by atoms with Crippen LogP contribution in [0.15, 0.2) is 36.9 Å². The Balaban J connectivity index is 2.22. The first kappa shape index (κ1) is 11.3. The van der Waals surface area contributed by atoms with Gasteiger partial charge in [-0.25, -0.2) is 9.67 Å². The molecule has 0 radical (unpaired) electrons. The number of nitrogens with zero attached hydrogens (tertiary/aromatic N) is 4. The molecule has 2 rings (SSSR count). The Hall–Kier alpha value is -2.23. The van der Waals surface area contributed by atoms with E-state index in [2.05, 4.69) is 10.1 Å². The summed E-state index contributed by atoms with van der Waals surface area (Å²) in [6.07, 6.45) is 0.342. The van der Waals surface area contributed by atoms with Gasteiger partial charge in [0.25, 0.3) is 0 Å². The first-order valence-corrected chi connectivity index (χ1v) is 4.93. The lowest BCUT2D eigenvalue weighted by molar-refractivity contribution is 0.0528. The number of aliphatic hydroxyl groups excluding tert-OH is 2. The molecule has 0 saturated carbocycles. The fourth-order valence-electron chi connectivity index (χ4n) is 1.42. The molecule has 0 aliphatic carbocycles. The van der Waals surface area contributed by atoms with Crippen LogP contribution in [0.3, 0.4) is 0 Å². The molecule has 2 unspecified atom stereocenters. The van der Waals surface area contributed by atoms with Crippen molar-refractivity contribution in [2.45, 2.75) is 12.2 Å². The molecule has 0 bridgehead atoms. The number of hydrogen-bond acceptors (Lipinski definition) is 5. The highest BCUT2D eigenvalue weighted by Crippen LogP contribution is 2.18. The Bertz CT molecular complexity index is 515. The van der Waals surface area contributed by atoms with Crippen LogP contribution in [-0.2, 0) is 0 Å². The van der Waals surface area contributed by atoms with E-state index in [-0.39, 0.29) is 0 Å². The summed E-state index contributed by atoms with van der Waals surface area (Å²) in [5, 5.41) is 31.2. The fourth-order valence-corrected chi connectivity index (χ4v) is 1.42. The lowest BCUT2D eigenvalue weighted by Gasteiger charge is -2.12. The molecule has 1 aromatic carbocycles. The maximum Gasteiger partial charge on any atom is 0.170 e. The van der Waals surface area contributed by atoms with Crippen molar-refractivity contribution in [3.8, 4) is 11.8 Å². The van der Waals surface area contributed by atoms with Crippen LogP contribution in [0.2, 0.25) is 0 Å². The molecule has 17 heavy (non-hydrogen) atoms. The summed E-state index contributed by atoms with van der Waals surface area (Å²) < 4.78 is 1.57. The molecule has 86 valence electrons. The molecule has 6 heteroatoms. The zero-order valence-electron chi connectivity index (χ0n) is 8.80. The minimum absolute atomic E-state index is 0.475. The fraction of sp³-hybridized carbons (Fsp3) is 0.182. The number of benzene rings is 1. The first-order chi connectivity index (χ1) is 8.22. The van der Waals surface area contributed by atoms with Crippen LogP contribution in [-0.4, -0.2) is 31.1 Å². The van der Waals surface area contributed by atoms with Crippen LogP contribution in [0, 0.1) is 11.3 Å². The van der Waals surface area contributed by atoms with Gasteiger partial charge in [-0.15, -0.1) is 0 Å². The zero-order chi connectivity index (χ0) is 12.3. The van der Waals surface area contributed by atoms with Gasteiger partial charge in [0, 0.05) is 0 Å². The molecule has 0 aliphatic rings. The van der Waals surface area contributed by atoms with E-state index in [1.165, 1.54) is 6.33 Å². The van der Waals surface area contributed by atoms with E-state index < -0.39 is 12.2 Å². The van der Waals surface area contributed by atoms with Gasteiger partial charge in [-0.2, -0.15) is 10.4 Å². The largest absolute Gasteiger partial charge is 0.385 e. The predicted molar refractivity (Wildman–Crippen MR) is 57.9 cm³/mol. The summed E-state index contributed by atoms with van der Waals surface area (Å²) in [6, 6.07) is 8.28. The van der Waals surface area contributed by atoms with Gasteiger partial charge in [-0.05, 0) is 17.7 Å². The lowest BCUT2D eigenvalue weighted by Crippen LogP contribution is -2.15. The Morgan fingerprint density at radius 2 is 1.94 bits per heavy atom. The van der Waals surface area contributed by atoms with Gasteiger partial charge in [0.2, 0.25) is 0 Å². The highest BCUT2D eigenvalue weighted by atomic mass is 16.3. The molecule has 2 aromatic rings. The van der Waals surface area contributed by atoms with Gasteiger partial charge in [0.05, 0.1) is 11.8 Å². The van der Waals surface area contributed by atoms with Crippen molar-refractivity contribution in [3.05, 3.63) is 42.5 Å². The Kier molecular flexibility index (Phi) is 3.14. The van der Waals surface area contributed by atoms with Crippen LogP contribution in [0.5, 0.6) is 0 Å². The summed E-state index contributed by atoms with van der Waals surface area (Å²) in [4.78, 5) is 3.82. The van der Waals surface area contributed by atoms with Gasteiger partial charge in [0.15, 0.2) is 6.10 Å². The molecule has 6 nitrogen and oxygen atoms in total. The second kappa shape index (κ2) is 4.74. The van der Waals surface area contributed by atoms with E-state index in [4.69, 9.17) is 5.26 Å². The van der Waals surface area contributed by atoms with E-state index >= 15 is 0 Å². The third-order valence-electron chi connectivity index (χ3n) is 2.35. The number of aliphatic hydroxyl groups is 2. The molecule has 1 aromatic heterocycles. The van der Waals surface area contributed by atoms with Crippen molar-refractivity contribution in [1.82, 2.24) is 14.8 Å². The summed E-state index contributed by atoms with van der Waals surface area (Å²) >= 11 is 0. The number of aromatic nitrogens is 3. The topological polar surface area (TPSA) is 95.0 Å². The predicted octanol–water partition coefficient (Wildman–Crippen LogP) is 0.185. The summed E-state index contributed by atoms with van der Waals surface area (Å²) in [5.41, 5.74) is 1.26. The maximum atomic E-state index is 9.60. The van der Waals surface area contributed by atoms with Gasteiger partial charge < -0.3 is 10.2 Å². The van der Waals surface area contributed by atoms with Crippen molar-refractivity contribution >= 4 is 0 Å². The monoisotopic (exact) mass is 230 g/mol. The van der Waals surface area contributed by atoms with Crippen molar-refractivity contribution in [3.63, 3.8) is 0 Å². The van der Waals surface area contributed by atoms with E-state index in [0.29, 0.717) is 5.56 Å². The lowest BCUT2D eigenvalue weighted by atomic mass is 10.1. The standard InChI is InChI=1S/C11H10N4O2/c12-5-10(16)11(17)8-1-3-9(4-2-8)15-7-13-6-14-15/h1-4,6-7,10-11,16-17H. The average molecular weight is 230 g/mol. The summed E-state index contributed by atoms with van der Waals surface area (Å²) in [6.45, 7) is 0. The highest BCUT2D eigenvalue weighted by Gasteiger charge is 2.17. The Morgan fingerprint density at radius 1 is 1.24 bits per heavy atom. The molecule has 2 atom stereocenters. The van der Waals surface area contributed by atoms with Crippen LogP contribution in [0.1, 0.15) is 11.7 Å². The minimum atomic E-state index is -1.42. The van der Waals surface area contributed by atoms with Gasteiger partial charge >= 0.3 is 0 Å². The molecule has 0 aliphatic heterocycles. The van der Waals surface area contributed by atoms with Gasteiger partial charge in [-0.1, -0.05) is 12.1 Å². The number of hydrogen-bond donors (Lipinski definition) is 2. The SMILES string of the molecule is N#CC(O)C(O)c1ccc(-n2cncn2)cc1. The molecular weight excluding hydrogens is 220 g/mol. The molecular formula is C11H10N4O2. The quantitative estimate of drug-likeness (QED) is 0.733. The molecule has 0 amide bonds. The maximum absolute atomic E-state index is 9.60. The van der Waals surface area contributed by atoms with E-state index in [9.17, 15) is 10.2 Å². The van der Waals surface area contributed by atoms with Crippen molar-refractivity contribution < 1.29 is 10.2 Å². The van der Waals surface area contributed by atoms with Crippen LogP contribution in [0.4, 0.5) is 0 Å². The smallest absolute Gasteiger partial charge is 0.170 e. The van der Waals surface area contributed by atoms with E-state index in [1.807, 2.05) is 0 Å². The molecule has 0 fully saturated rings.